The van der Waals surface area contributed by atoms with Gasteiger partial charge in [0.05, 0.1) is 31.4 Å². The molecule has 1 fully saturated rings. The number of carbonyl (C=O) groups excluding carboxylic acids is 2. The molecule has 33 heavy (non-hydrogen) atoms. The monoisotopic (exact) mass is 465 g/mol. The van der Waals surface area contributed by atoms with Gasteiger partial charge < -0.3 is 19.7 Å². The molecule has 8 heteroatoms. The van der Waals surface area contributed by atoms with E-state index in [0.29, 0.717) is 22.0 Å². The van der Waals surface area contributed by atoms with E-state index in [0.717, 1.165) is 0 Å². The second-order valence-electron chi connectivity index (χ2n) is 7.28. The maximum absolute atomic E-state index is 13.2. The quantitative estimate of drug-likeness (QED) is 0.322. The van der Waals surface area contributed by atoms with E-state index in [1.807, 2.05) is 0 Å². The van der Waals surface area contributed by atoms with Gasteiger partial charge in [0, 0.05) is 10.7 Å². The van der Waals surface area contributed by atoms with E-state index in [9.17, 15) is 19.8 Å². The van der Waals surface area contributed by atoms with Crippen LogP contribution in [0, 0.1) is 0 Å². The summed E-state index contributed by atoms with van der Waals surface area (Å²) >= 11 is 6.14. The van der Waals surface area contributed by atoms with Gasteiger partial charge in [0.25, 0.3) is 11.7 Å². The predicted octanol–water partition coefficient (Wildman–Crippen LogP) is 4.69. The Morgan fingerprint density at radius 3 is 2.33 bits per heavy atom. The van der Waals surface area contributed by atoms with E-state index in [4.69, 9.17) is 21.1 Å². The van der Waals surface area contributed by atoms with Crippen molar-refractivity contribution in [3.05, 3.63) is 88.5 Å². The number of Topliss-reactive ketones (excluding diaryl/α,β-unsaturated/α-hetero) is 1. The predicted molar refractivity (Wildman–Crippen MR) is 124 cm³/mol. The summed E-state index contributed by atoms with van der Waals surface area (Å²) in [7, 11) is 2.85. The fraction of sp³-hybridized carbons (Fsp3) is 0.120. The number of rotatable bonds is 5. The van der Waals surface area contributed by atoms with Crippen molar-refractivity contribution in [3.63, 3.8) is 0 Å². The van der Waals surface area contributed by atoms with E-state index < -0.39 is 23.5 Å². The van der Waals surface area contributed by atoms with Gasteiger partial charge in [-0.1, -0.05) is 35.9 Å². The lowest BCUT2D eigenvalue weighted by atomic mass is 9.94. The highest BCUT2D eigenvalue weighted by atomic mass is 35.5. The van der Waals surface area contributed by atoms with Gasteiger partial charge in [-0.3, -0.25) is 14.5 Å². The molecule has 4 rings (SSSR count). The fourth-order valence-corrected chi connectivity index (χ4v) is 4.09. The van der Waals surface area contributed by atoms with E-state index >= 15 is 0 Å². The number of para-hydroxylation sites is 1. The zero-order valence-electron chi connectivity index (χ0n) is 17.8. The number of aliphatic hydroxyl groups is 1. The SMILES string of the molecule is COc1ccc(C2/C(=C(/O)c3ccccc3OC)C(=O)C(=O)N2c2cccc(Cl)c2)cc1O. The first-order chi connectivity index (χ1) is 15.9. The Bertz CT molecular complexity index is 1290. The minimum absolute atomic E-state index is 0.144. The third kappa shape index (κ3) is 3.87. The number of phenols is 1. The first-order valence-electron chi connectivity index (χ1n) is 9.94. The lowest BCUT2D eigenvalue weighted by Gasteiger charge is -2.26. The normalized spacial score (nSPS) is 17.3. The van der Waals surface area contributed by atoms with E-state index in [2.05, 4.69) is 0 Å². The summed E-state index contributed by atoms with van der Waals surface area (Å²) < 4.78 is 10.4. The van der Waals surface area contributed by atoms with Gasteiger partial charge in [0.1, 0.15) is 11.5 Å². The molecule has 1 heterocycles. The van der Waals surface area contributed by atoms with Gasteiger partial charge in [-0.15, -0.1) is 0 Å². The van der Waals surface area contributed by atoms with Crippen LogP contribution < -0.4 is 14.4 Å². The van der Waals surface area contributed by atoms with Crippen LogP contribution in [0.3, 0.4) is 0 Å². The van der Waals surface area contributed by atoms with Crippen molar-refractivity contribution in [1.29, 1.82) is 0 Å². The van der Waals surface area contributed by atoms with Crippen LogP contribution in [0.4, 0.5) is 5.69 Å². The number of halogens is 1. The second kappa shape index (κ2) is 8.88. The van der Waals surface area contributed by atoms with Crippen LogP contribution in [0.25, 0.3) is 5.76 Å². The van der Waals surface area contributed by atoms with Crippen LogP contribution in [0.15, 0.2) is 72.3 Å². The molecule has 0 aromatic heterocycles. The van der Waals surface area contributed by atoms with E-state index in [-0.39, 0.29) is 22.6 Å². The van der Waals surface area contributed by atoms with Crippen molar-refractivity contribution in [1.82, 2.24) is 0 Å². The molecule has 0 saturated carbocycles. The average molecular weight is 466 g/mol. The van der Waals surface area contributed by atoms with Gasteiger partial charge in [-0.2, -0.15) is 0 Å². The third-order valence-electron chi connectivity index (χ3n) is 5.41. The van der Waals surface area contributed by atoms with Crippen LogP contribution in [0.2, 0.25) is 5.02 Å². The van der Waals surface area contributed by atoms with Gasteiger partial charge in [0.15, 0.2) is 11.5 Å². The maximum atomic E-state index is 13.2. The fourth-order valence-electron chi connectivity index (χ4n) is 3.90. The molecule has 0 radical (unpaired) electrons. The van der Waals surface area contributed by atoms with Crippen LogP contribution >= 0.6 is 11.6 Å². The van der Waals surface area contributed by atoms with Gasteiger partial charge in [0.2, 0.25) is 0 Å². The standard InChI is InChI=1S/C25H20ClNO6/c1-32-19-9-4-3-8-17(19)23(29)21-22(14-10-11-20(33-2)18(28)12-14)27(25(31)24(21)30)16-7-5-6-15(26)13-16/h3-13,22,28-29H,1-2H3/b23-21-. The third-order valence-corrected chi connectivity index (χ3v) is 5.65. The lowest BCUT2D eigenvalue weighted by Crippen LogP contribution is -2.29. The summed E-state index contributed by atoms with van der Waals surface area (Å²) in [6.07, 6.45) is 0. The zero-order chi connectivity index (χ0) is 23.7. The topological polar surface area (TPSA) is 96.3 Å². The minimum Gasteiger partial charge on any atom is -0.507 e. The average Bonchev–Trinajstić information content (AvgIpc) is 3.09. The second-order valence-corrected chi connectivity index (χ2v) is 7.72. The van der Waals surface area contributed by atoms with Crippen molar-refractivity contribution in [2.75, 3.05) is 19.1 Å². The van der Waals surface area contributed by atoms with Crippen molar-refractivity contribution < 1.29 is 29.3 Å². The number of ketones is 1. The number of aromatic hydroxyl groups is 1. The molecule has 1 unspecified atom stereocenters. The molecule has 2 N–H and O–H groups in total. The first-order valence-corrected chi connectivity index (χ1v) is 10.3. The highest BCUT2D eigenvalue weighted by Gasteiger charge is 2.47. The summed E-state index contributed by atoms with van der Waals surface area (Å²) in [6.45, 7) is 0. The number of aliphatic hydroxyl groups excluding tert-OH is 1. The number of ether oxygens (including phenoxy) is 2. The number of carbonyl (C=O) groups is 2. The lowest BCUT2D eigenvalue weighted by molar-refractivity contribution is -0.132. The summed E-state index contributed by atoms with van der Waals surface area (Å²) in [5.41, 5.74) is 0.869. The molecule has 7 nitrogen and oxygen atoms in total. The smallest absolute Gasteiger partial charge is 0.300 e. The molecular weight excluding hydrogens is 446 g/mol. The Labute approximate surface area is 195 Å². The number of nitrogens with zero attached hydrogens (tertiary/aromatic N) is 1. The number of hydrogen-bond acceptors (Lipinski definition) is 6. The largest absolute Gasteiger partial charge is 0.507 e. The van der Waals surface area contributed by atoms with Gasteiger partial charge >= 0.3 is 0 Å². The summed E-state index contributed by atoms with van der Waals surface area (Å²) in [4.78, 5) is 27.6. The molecule has 3 aromatic rings. The molecule has 1 aliphatic heterocycles. The van der Waals surface area contributed by atoms with E-state index in [1.165, 1.54) is 31.3 Å². The number of benzene rings is 3. The molecule has 0 bridgehead atoms. The molecule has 1 amide bonds. The number of anilines is 1. The number of hydrogen-bond donors (Lipinski definition) is 2. The first kappa shape index (κ1) is 22.2. The molecule has 0 aliphatic carbocycles. The molecule has 1 saturated heterocycles. The molecule has 168 valence electrons. The minimum atomic E-state index is -1.04. The molecular formula is C25H20ClNO6. The van der Waals surface area contributed by atoms with Crippen LogP contribution in [0.5, 0.6) is 17.2 Å². The number of methoxy groups -OCH3 is 2. The highest BCUT2D eigenvalue weighted by Crippen LogP contribution is 2.45. The Hall–Kier alpha value is -3.97. The summed E-state index contributed by atoms with van der Waals surface area (Å²) in [5.74, 6) is -1.73. The van der Waals surface area contributed by atoms with Crippen LogP contribution in [0.1, 0.15) is 17.2 Å². The van der Waals surface area contributed by atoms with Gasteiger partial charge in [-0.05, 0) is 48.0 Å². The summed E-state index contributed by atoms with van der Waals surface area (Å²) in [6, 6.07) is 16.6. The Kier molecular flexibility index (Phi) is 5.98. The molecule has 1 atom stereocenters. The Morgan fingerprint density at radius 1 is 0.939 bits per heavy atom. The van der Waals surface area contributed by atoms with Crippen molar-refractivity contribution in [2.24, 2.45) is 0 Å². The molecule has 3 aromatic carbocycles. The van der Waals surface area contributed by atoms with E-state index in [1.54, 1.807) is 54.6 Å². The molecule has 1 aliphatic rings. The zero-order valence-corrected chi connectivity index (χ0v) is 18.5. The van der Waals surface area contributed by atoms with Crippen LogP contribution in [-0.4, -0.2) is 36.1 Å². The van der Waals surface area contributed by atoms with Crippen LogP contribution in [-0.2, 0) is 9.59 Å². The Morgan fingerprint density at radius 2 is 1.67 bits per heavy atom. The summed E-state index contributed by atoms with van der Waals surface area (Å²) in [5, 5.41) is 22.0. The number of phenolic OH excluding ortho intramolecular Hbond substituents is 1. The number of amides is 1. The Balaban J connectivity index is 1.99. The van der Waals surface area contributed by atoms with Crippen molar-refractivity contribution in [3.8, 4) is 17.2 Å². The van der Waals surface area contributed by atoms with Crippen molar-refractivity contribution in [2.45, 2.75) is 6.04 Å². The van der Waals surface area contributed by atoms with Gasteiger partial charge in [-0.25, -0.2) is 0 Å². The maximum Gasteiger partial charge on any atom is 0.300 e. The highest BCUT2D eigenvalue weighted by molar-refractivity contribution is 6.51. The van der Waals surface area contributed by atoms with Crippen molar-refractivity contribution >= 4 is 34.7 Å². The molecule has 0 spiro atoms.